The number of nitrogens with zero attached hydrogens (tertiary/aromatic N) is 2. The van der Waals surface area contributed by atoms with Gasteiger partial charge in [0.1, 0.15) is 11.8 Å². The molecule has 0 fully saturated rings. The number of fused-ring (bicyclic) bond motifs is 1. The van der Waals surface area contributed by atoms with E-state index in [0.29, 0.717) is 17.8 Å². The van der Waals surface area contributed by atoms with E-state index >= 15 is 0 Å². The number of carbonyl (C=O) groups is 1. The van der Waals surface area contributed by atoms with Crippen molar-refractivity contribution in [1.82, 2.24) is 4.57 Å². The van der Waals surface area contributed by atoms with E-state index in [0.717, 1.165) is 27.9 Å². The Balaban J connectivity index is 2.12. The monoisotopic (exact) mass is 377 g/mol. The van der Waals surface area contributed by atoms with Gasteiger partial charge in [0.15, 0.2) is 0 Å². The van der Waals surface area contributed by atoms with Crippen molar-refractivity contribution >= 4 is 22.7 Å². The van der Waals surface area contributed by atoms with Gasteiger partial charge in [-0.3, -0.25) is 5.32 Å². The van der Waals surface area contributed by atoms with E-state index in [1.807, 2.05) is 43.3 Å². The molecule has 0 aliphatic heterocycles. The number of ether oxygens (including phenoxy) is 2. The molecule has 0 unspecified atom stereocenters. The van der Waals surface area contributed by atoms with Crippen LogP contribution in [-0.4, -0.2) is 23.9 Å². The minimum absolute atomic E-state index is 0.203. The molecule has 28 heavy (non-hydrogen) atoms. The highest BCUT2D eigenvalue weighted by molar-refractivity contribution is 5.96. The lowest BCUT2D eigenvalue weighted by Gasteiger charge is -2.12. The molecule has 0 spiro atoms. The normalized spacial score (nSPS) is 10.7. The minimum Gasteiger partial charge on any atom is -0.497 e. The first-order valence-corrected chi connectivity index (χ1v) is 9.16. The summed E-state index contributed by atoms with van der Waals surface area (Å²) >= 11 is 0. The van der Waals surface area contributed by atoms with E-state index in [-0.39, 0.29) is 6.10 Å². The van der Waals surface area contributed by atoms with Crippen LogP contribution in [0.15, 0.2) is 42.5 Å². The molecule has 6 heteroatoms. The fraction of sp³-hybridized carbons (Fsp3) is 0.273. The Hall–Kier alpha value is -3.46. The van der Waals surface area contributed by atoms with Crippen LogP contribution < -0.4 is 10.1 Å². The van der Waals surface area contributed by atoms with Gasteiger partial charge in [0, 0.05) is 29.2 Å². The van der Waals surface area contributed by atoms with Gasteiger partial charge in [0.2, 0.25) is 0 Å². The highest BCUT2D eigenvalue weighted by atomic mass is 16.6. The second kappa shape index (κ2) is 8.05. The Morgan fingerprint density at radius 1 is 1.25 bits per heavy atom. The van der Waals surface area contributed by atoms with Crippen LogP contribution in [0.25, 0.3) is 22.2 Å². The van der Waals surface area contributed by atoms with Crippen LogP contribution >= 0.6 is 0 Å². The van der Waals surface area contributed by atoms with Crippen molar-refractivity contribution < 1.29 is 14.3 Å². The van der Waals surface area contributed by atoms with Crippen LogP contribution in [0.5, 0.6) is 5.75 Å². The molecular weight excluding hydrogens is 354 g/mol. The first kappa shape index (κ1) is 19.3. The molecule has 0 aliphatic carbocycles. The maximum absolute atomic E-state index is 11.9. The molecule has 0 saturated heterocycles. The molecule has 3 rings (SSSR count). The predicted octanol–water partition coefficient (Wildman–Crippen LogP) is 5.17. The molecule has 2 aromatic carbocycles. The molecule has 3 aromatic rings. The van der Waals surface area contributed by atoms with Crippen LogP contribution in [0.2, 0.25) is 0 Å². The molecule has 0 radical (unpaired) electrons. The quantitative estimate of drug-likeness (QED) is 0.666. The lowest BCUT2D eigenvalue weighted by Crippen LogP contribution is -2.17. The molecule has 1 amide bonds. The number of hydrogen-bond donors (Lipinski definition) is 1. The third kappa shape index (κ3) is 3.65. The zero-order chi connectivity index (χ0) is 20.3. The van der Waals surface area contributed by atoms with E-state index in [4.69, 9.17) is 9.47 Å². The summed E-state index contributed by atoms with van der Waals surface area (Å²) in [6.45, 7) is 6.31. The number of nitriles is 1. The van der Waals surface area contributed by atoms with Gasteiger partial charge in [-0.2, -0.15) is 5.26 Å². The number of rotatable bonds is 5. The molecule has 6 nitrogen and oxygen atoms in total. The van der Waals surface area contributed by atoms with Crippen LogP contribution in [0, 0.1) is 11.3 Å². The summed E-state index contributed by atoms with van der Waals surface area (Å²) in [5.41, 5.74) is 3.80. The van der Waals surface area contributed by atoms with Crippen LogP contribution in [0.1, 0.15) is 26.3 Å². The largest absolute Gasteiger partial charge is 0.497 e. The van der Waals surface area contributed by atoms with Crippen molar-refractivity contribution in [3.63, 3.8) is 0 Å². The minimum atomic E-state index is -0.506. The SMILES string of the molecule is CCn1c(-c2cccc(NC(=O)OC(C)C)c2)c(C#N)c2ccc(OC)cc21. The van der Waals surface area contributed by atoms with Gasteiger partial charge in [-0.1, -0.05) is 12.1 Å². The smallest absolute Gasteiger partial charge is 0.411 e. The summed E-state index contributed by atoms with van der Waals surface area (Å²) in [6.07, 6.45) is -0.709. The Morgan fingerprint density at radius 3 is 2.68 bits per heavy atom. The molecular formula is C22H23N3O3. The number of anilines is 1. The van der Waals surface area contributed by atoms with Gasteiger partial charge in [-0.25, -0.2) is 4.79 Å². The van der Waals surface area contributed by atoms with Gasteiger partial charge < -0.3 is 14.0 Å². The third-order valence-corrected chi connectivity index (χ3v) is 4.42. The van der Waals surface area contributed by atoms with Gasteiger partial charge in [0.25, 0.3) is 0 Å². The number of aryl methyl sites for hydroxylation is 1. The lowest BCUT2D eigenvalue weighted by molar-refractivity contribution is 0.130. The lowest BCUT2D eigenvalue weighted by atomic mass is 10.1. The molecule has 144 valence electrons. The zero-order valence-corrected chi connectivity index (χ0v) is 16.4. The average Bonchev–Trinajstić information content (AvgIpc) is 2.99. The van der Waals surface area contributed by atoms with E-state index < -0.39 is 6.09 Å². The van der Waals surface area contributed by atoms with E-state index in [1.54, 1.807) is 27.0 Å². The van der Waals surface area contributed by atoms with Crippen molar-refractivity contribution in [1.29, 1.82) is 5.26 Å². The molecule has 0 atom stereocenters. The summed E-state index contributed by atoms with van der Waals surface area (Å²) in [4.78, 5) is 11.9. The van der Waals surface area contributed by atoms with Crippen molar-refractivity contribution in [2.75, 3.05) is 12.4 Å². The summed E-state index contributed by atoms with van der Waals surface area (Å²) < 4.78 is 12.6. The Morgan fingerprint density at radius 2 is 2.04 bits per heavy atom. The topological polar surface area (TPSA) is 76.3 Å². The number of nitrogens with one attached hydrogen (secondary N) is 1. The number of amides is 1. The van der Waals surface area contributed by atoms with Crippen LogP contribution in [0.3, 0.4) is 0 Å². The number of benzene rings is 2. The van der Waals surface area contributed by atoms with Gasteiger partial charge >= 0.3 is 6.09 Å². The van der Waals surface area contributed by atoms with Crippen LogP contribution in [0.4, 0.5) is 10.5 Å². The van der Waals surface area contributed by atoms with Gasteiger partial charge in [0.05, 0.1) is 30.0 Å². The van der Waals surface area contributed by atoms with Crippen molar-refractivity contribution in [3.8, 4) is 23.1 Å². The average molecular weight is 377 g/mol. The number of methoxy groups -OCH3 is 1. The molecule has 0 aliphatic rings. The fourth-order valence-electron chi connectivity index (χ4n) is 3.30. The highest BCUT2D eigenvalue weighted by Gasteiger charge is 2.19. The van der Waals surface area contributed by atoms with Gasteiger partial charge in [-0.05, 0) is 45.0 Å². The summed E-state index contributed by atoms with van der Waals surface area (Å²) in [5, 5.41) is 13.5. The summed E-state index contributed by atoms with van der Waals surface area (Å²) in [7, 11) is 1.62. The van der Waals surface area contributed by atoms with Crippen molar-refractivity contribution in [2.45, 2.75) is 33.4 Å². The maximum Gasteiger partial charge on any atom is 0.411 e. The standard InChI is InChI=1S/C22H23N3O3/c1-5-25-20-12-17(27-4)9-10-18(20)19(13-23)21(25)15-7-6-8-16(11-15)24-22(26)28-14(2)3/h6-12,14H,5H2,1-4H3,(H,24,26). The Kier molecular flexibility index (Phi) is 5.55. The van der Waals surface area contributed by atoms with Crippen molar-refractivity contribution in [3.05, 3.63) is 48.0 Å². The van der Waals surface area contributed by atoms with E-state index in [2.05, 4.69) is 16.0 Å². The molecule has 0 bridgehead atoms. The second-order valence-electron chi connectivity index (χ2n) is 6.62. The highest BCUT2D eigenvalue weighted by Crippen LogP contribution is 2.36. The fourth-order valence-corrected chi connectivity index (χ4v) is 3.30. The second-order valence-corrected chi connectivity index (χ2v) is 6.62. The van der Waals surface area contributed by atoms with Crippen molar-refractivity contribution in [2.24, 2.45) is 0 Å². The Bertz CT molecular complexity index is 1060. The molecule has 1 N–H and O–H groups in total. The van der Waals surface area contributed by atoms with E-state index in [9.17, 15) is 10.1 Å². The summed E-state index contributed by atoms with van der Waals surface area (Å²) in [5.74, 6) is 0.739. The third-order valence-electron chi connectivity index (χ3n) is 4.42. The molecule has 1 heterocycles. The zero-order valence-electron chi connectivity index (χ0n) is 16.4. The maximum atomic E-state index is 11.9. The number of carbonyl (C=O) groups excluding carboxylic acids is 1. The Labute approximate surface area is 164 Å². The molecule has 1 aromatic heterocycles. The predicted molar refractivity (Wildman–Crippen MR) is 110 cm³/mol. The number of aromatic nitrogens is 1. The summed E-state index contributed by atoms with van der Waals surface area (Å²) in [6, 6.07) is 15.5. The first-order valence-electron chi connectivity index (χ1n) is 9.16. The molecule has 0 saturated carbocycles. The van der Waals surface area contributed by atoms with Crippen LogP contribution in [-0.2, 0) is 11.3 Å². The first-order chi connectivity index (χ1) is 13.5. The van der Waals surface area contributed by atoms with E-state index in [1.165, 1.54) is 0 Å². The number of hydrogen-bond acceptors (Lipinski definition) is 4. The van der Waals surface area contributed by atoms with Gasteiger partial charge in [-0.15, -0.1) is 0 Å².